The third kappa shape index (κ3) is 4.04. The summed E-state index contributed by atoms with van der Waals surface area (Å²) in [6.07, 6.45) is 3.23. The van der Waals surface area contributed by atoms with Gasteiger partial charge in [0.1, 0.15) is 0 Å². The van der Waals surface area contributed by atoms with Gasteiger partial charge in [0.15, 0.2) is 0 Å². The fourth-order valence-electron chi connectivity index (χ4n) is 1.52. The molecule has 1 aliphatic heterocycles. The van der Waals surface area contributed by atoms with Crippen LogP contribution in [0.2, 0.25) is 0 Å². The van der Waals surface area contributed by atoms with Crippen molar-refractivity contribution in [3.63, 3.8) is 0 Å². The summed E-state index contributed by atoms with van der Waals surface area (Å²) >= 11 is 0. The highest BCUT2D eigenvalue weighted by Gasteiger charge is 2.11. The summed E-state index contributed by atoms with van der Waals surface area (Å²) in [6.45, 7) is 5.01. The van der Waals surface area contributed by atoms with Gasteiger partial charge in [-0.25, -0.2) is 0 Å². The minimum Gasteiger partial charge on any atom is -0.393 e. The fraction of sp³-hybridized carbons (Fsp3) is 1.00. The van der Waals surface area contributed by atoms with Crippen molar-refractivity contribution in [2.45, 2.75) is 38.3 Å². The molecule has 0 aliphatic carbocycles. The first-order chi connectivity index (χ1) is 5.79. The van der Waals surface area contributed by atoms with Crippen molar-refractivity contribution < 1.29 is 5.11 Å². The molecule has 3 heteroatoms. The maximum Gasteiger partial charge on any atom is 0.0524 e. The van der Waals surface area contributed by atoms with Crippen LogP contribution < -0.4 is 10.6 Å². The van der Waals surface area contributed by atoms with Gasteiger partial charge in [-0.15, -0.1) is 0 Å². The Labute approximate surface area is 74.5 Å². The van der Waals surface area contributed by atoms with Gasteiger partial charge in [0, 0.05) is 12.6 Å². The van der Waals surface area contributed by atoms with E-state index in [9.17, 15) is 0 Å². The quantitative estimate of drug-likeness (QED) is 0.563. The number of piperidine rings is 1. The largest absolute Gasteiger partial charge is 0.393 e. The van der Waals surface area contributed by atoms with Crippen molar-refractivity contribution >= 4 is 0 Å². The van der Waals surface area contributed by atoms with Gasteiger partial charge < -0.3 is 15.7 Å². The Kier molecular flexibility index (Phi) is 4.58. The van der Waals surface area contributed by atoms with Crippen molar-refractivity contribution in [3.8, 4) is 0 Å². The summed E-state index contributed by atoms with van der Waals surface area (Å²) in [6, 6.07) is 0.623. The highest BCUT2D eigenvalue weighted by atomic mass is 16.3. The molecule has 1 saturated heterocycles. The normalized spacial score (nSPS) is 27.0. The maximum absolute atomic E-state index is 9.03. The van der Waals surface area contributed by atoms with Crippen LogP contribution in [-0.2, 0) is 0 Å². The van der Waals surface area contributed by atoms with E-state index in [1.54, 1.807) is 0 Å². The van der Waals surface area contributed by atoms with E-state index in [0.717, 1.165) is 26.1 Å². The fourth-order valence-corrected chi connectivity index (χ4v) is 1.52. The summed E-state index contributed by atoms with van der Waals surface area (Å²) < 4.78 is 0. The van der Waals surface area contributed by atoms with Crippen LogP contribution >= 0.6 is 0 Å². The number of aliphatic hydroxyl groups is 1. The molecule has 1 rings (SSSR count). The monoisotopic (exact) mass is 172 g/mol. The summed E-state index contributed by atoms with van der Waals surface area (Å²) in [5.74, 6) is 0. The lowest BCUT2D eigenvalue weighted by Gasteiger charge is -2.24. The molecule has 3 nitrogen and oxygen atoms in total. The van der Waals surface area contributed by atoms with Crippen molar-refractivity contribution in [3.05, 3.63) is 0 Å². The number of rotatable bonds is 4. The van der Waals surface area contributed by atoms with Crippen molar-refractivity contribution in [2.24, 2.45) is 0 Å². The molecule has 0 amide bonds. The third-order valence-corrected chi connectivity index (χ3v) is 2.29. The molecule has 2 unspecified atom stereocenters. The summed E-state index contributed by atoms with van der Waals surface area (Å²) in [5.41, 5.74) is 0. The maximum atomic E-state index is 9.03. The van der Waals surface area contributed by atoms with Gasteiger partial charge in [0.05, 0.1) is 6.10 Å². The van der Waals surface area contributed by atoms with Gasteiger partial charge in [-0.3, -0.25) is 0 Å². The minimum atomic E-state index is -0.172. The van der Waals surface area contributed by atoms with Gasteiger partial charge in [0.2, 0.25) is 0 Å². The highest BCUT2D eigenvalue weighted by molar-refractivity contribution is 4.74. The van der Waals surface area contributed by atoms with Gasteiger partial charge in [-0.1, -0.05) is 0 Å². The van der Waals surface area contributed by atoms with Crippen LogP contribution in [0.3, 0.4) is 0 Å². The smallest absolute Gasteiger partial charge is 0.0524 e. The second-order valence-corrected chi connectivity index (χ2v) is 3.64. The number of nitrogens with one attached hydrogen (secondary N) is 2. The molecule has 2 atom stereocenters. The van der Waals surface area contributed by atoms with E-state index in [1.807, 2.05) is 6.92 Å². The molecule has 1 fully saturated rings. The summed E-state index contributed by atoms with van der Waals surface area (Å²) in [7, 11) is 0. The lowest BCUT2D eigenvalue weighted by molar-refractivity contribution is 0.181. The van der Waals surface area contributed by atoms with E-state index in [0.29, 0.717) is 6.04 Å². The first-order valence-electron chi connectivity index (χ1n) is 4.91. The third-order valence-electron chi connectivity index (χ3n) is 2.29. The lowest BCUT2D eigenvalue weighted by Crippen LogP contribution is -2.43. The Morgan fingerprint density at radius 2 is 2.50 bits per heavy atom. The van der Waals surface area contributed by atoms with E-state index in [-0.39, 0.29) is 6.10 Å². The van der Waals surface area contributed by atoms with Gasteiger partial charge >= 0.3 is 0 Å². The van der Waals surface area contributed by atoms with E-state index in [4.69, 9.17) is 5.11 Å². The van der Waals surface area contributed by atoms with Gasteiger partial charge in [-0.2, -0.15) is 0 Å². The van der Waals surface area contributed by atoms with E-state index < -0.39 is 0 Å². The number of aliphatic hydroxyl groups excluding tert-OH is 1. The molecule has 0 radical (unpaired) electrons. The zero-order valence-corrected chi connectivity index (χ0v) is 7.84. The average Bonchev–Trinajstić information content (AvgIpc) is 2.05. The number of hydrogen-bond acceptors (Lipinski definition) is 3. The van der Waals surface area contributed by atoms with E-state index in [1.165, 1.54) is 12.8 Å². The highest BCUT2D eigenvalue weighted by Crippen LogP contribution is 2.01. The minimum absolute atomic E-state index is 0.172. The molecule has 0 aromatic carbocycles. The van der Waals surface area contributed by atoms with Crippen LogP contribution in [0.25, 0.3) is 0 Å². The first-order valence-corrected chi connectivity index (χ1v) is 4.91. The predicted molar refractivity (Wildman–Crippen MR) is 50.2 cm³/mol. The van der Waals surface area contributed by atoms with Crippen LogP contribution in [0, 0.1) is 0 Å². The summed E-state index contributed by atoms with van der Waals surface area (Å²) in [5, 5.41) is 15.8. The van der Waals surface area contributed by atoms with Gasteiger partial charge in [-0.05, 0) is 39.3 Å². The second-order valence-electron chi connectivity index (χ2n) is 3.64. The molecule has 0 spiro atoms. The van der Waals surface area contributed by atoms with E-state index >= 15 is 0 Å². The van der Waals surface area contributed by atoms with Crippen LogP contribution in [0.15, 0.2) is 0 Å². The Balaban J connectivity index is 1.98. The van der Waals surface area contributed by atoms with Crippen molar-refractivity contribution in [1.82, 2.24) is 10.6 Å². The predicted octanol–water partition coefficient (Wildman–Crippen LogP) is 0.0989. The lowest BCUT2D eigenvalue weighted by atomic mass is 10.1. The molecular weight excluding hydrogens is 152 g/mol. The number of hydrogen-bond donors (Lipinski definition) is 3. The molecule has 72 valence electrons. The standard InChI is InChI=1S/C9H20N2O/c1-8(12)4-6-11-9-3-2-5-10-7-9/h8-12H,2-7H2,1H3. The SMILES string of the molecule is CC(O)CCNC1CCCNC1. The Hall–Kier alpha value is -0.120. The molecular formula is C9H20N2O. The van der Waals surface area contributed by atoms with Crippen molar-refractivity contribution in [2.75, 3.05) is 19.6 Å². The van der Waals surface area contributed by atoms with Crippen LogP contribution in [0.5, 0.6) is 0 Å². The Morgan fingerprint density at radius 3 is 3.08 bits per heavy atom. The second kappa shape index (κ2) is 5.51. The molecule has 0 bridgehead atoms. The zero-order chi connectivity index (χ0) is 8.81. The molecule has 0 saturated carbocycles. The van der Waals surface area contributed by atoms with Gasteiger partial charge in [0.25, 0.3) is 0 Å². The molecule has 0 aromatic heterocycles. The van der Waals surface area contributed by atoms with Crippen LogP contribution in [-0.4, -0.2) is 36.9 Å². The molecule has 3 N–H and O–H groups in total. The topological polar surface area (TPSA) is 44.3 Å². The average molecular weight is 172 g/mol. The molecule has 12 heavy (non-hydrogen) atoms. The molecule has 1 aliphatic rings. The molecule has 1 heterocycles. The van der Waals surface area contributed by atoms with Crippen LogP contribution in [0.4, 0.5) is 0 Å². The summed E-state index contributed by atoms with van der Waals surface area (Å²) in [4.78, 5) is 0. The van der Waals surface area contributed by atoms with Crippen molar-refractivity contribution in [1.29, 1.82) is 0 Å². The van der Waals surface area contributed by atoms with E-state index in [2.05, 4.69) is 10.6 Å². The van der Waals surface area contributed by atoms with Crippen LogP contribution in [0.1, 0.15) is 26.2 Å². The molecule has 0 aromatic rings. The Bertz CT molecular complexity index is 111. The zero-order valence-electron chi connectivity index (χ0n) is 7.84. The Morgan fingerprint density at radius 1 is 1.67 bits per heavy atom. The first kappa shape index (κ1) is 9.96.